The molecule has 3 rings (SSSR count). The minimum absolute atomic E-state index is 0.0124. The second-order valence-electron chi connectivity index (χ2n) is 7.49. The summed E-state index contributed by atoms with van der Waals surface area (Å²) in [6, 6.07) is 6.59. The van der Waals surface area contributed by atoms with E-state index in [1.807, 2.05) is 0 Å². The molecular weight excluding hydrogens is 423 g/mol. The monoisotopic (exact) mass is 443 g/mol. The van der Waals surface area contributed by atoms with Crippen molar-refractivity contribution in [1.29, 1.82) is 0 Å². The Hall–Kier alpha value is -2.55. The zero-order valence-corrected chi connectivity index (χ0v) is 17.2. The van der Waals surface area contributed by atoms with E-state index < -0.39 is 29.2 Å². The molecule has 0 aliphatic carbocycles. The van der Waals surface area contributed by atoms with Gasteiger partial charge in [-0.15, -0.1) is 0 Å². The van der Waals surface area contributed by atoms with Crippen molar-refractivity contribution in [2.45, 2.75) is 44.8 Å². The molecule has 0 bridgehead atoms. The number of likely N-dealkylation sites (tertiary alicyclic amines) is 1. The Kier molecular flexibility index (Phi) is 5.86. The van der Waals surface area contributed by atoms with E-state index in [-0.39, 0.29) is 43.7 Å². The first-order valence-electron chi connectivity index (χ1n) is 9.34. The fourth-order valence-electron chi connectivity index (χ4n) is 3.82. The van der Waals surface area contributed by atoms with Crippen LogP contribution < -0.4 is 0 Å². The van der Waals surface area contributed by atoms with Gasteiger partial charge in [0.05, 0.1) is 5.41 Å². The summed E-state index contributed by atoms with van der Waals surface area (Å²) >= 11 is 5.89. The number of carboxylic acids is 1. The van der Waals surface area contributed by atoms with E-state index in [2.05, 4.69) is 5.10 Å². The fourth-order valence-corrected chi connectivity index (χ4v) is 3.95. The predicted octanol–water partition coefficient (Wildman–Crippen LogP) is 3.82. The lowest BCUT2D eigenvalue weighted by Gasteiger charge is -2.39. The third-order valence-corrected chi connectivity index (χ3v) is 6.09. The van der Waals surface area contributed by atoms with Crippen LogP contribution in [0.5, 0.6) is 0 Å². The molecule has 10 heteroatoms. The van der Waals surface area contributed by atoms with Crippen LogP contribution in [0.25, 0.3) is 0 Å². The molecule has 0 unspecified atom stereocenters. The van der Waals surface area contributed by atoms with Crippen molar-refractivity contribution in [1.82, 2.24) is 14.7 Å². The average Bonchev–Trinajstić information content (AvgIpc) is 2.97. The van der Waals surface area contributed by atoms with Crippen LogP contribution in [-0.2, 0) is 27.7 Å². The number of carbonyl (C=O) groups is 2. The highest BCUT2D eigenvalue weighted by molar-refractivity contribution is 6.30. The molecule has 1 saturated heterocycles. The molecule has 0 spiro atoms. The lowest BCUT2D eigenvalue weighted by molar-refractivity contribution is -0.148. The van der Waals surface area contributed by atoms with Crippen LogP contribution in [0.3, 0.4) is 0 Å². The number of amides is 1. The highest BCUT2D eigenvalue weighted by Gasteiger charge is 2.44. The highest BCUT2D eigenvalue weighted by atomic mass is 35.5. The van der Waals surface area contributed by atoms with Crippen molar-refractivity contribution >= 4 is 23.5 Å². The first-order chi connectivity index (χ1) is 14.0. The molecule has 2 heterocycles. The van der Waals surface area contributed by atoms with Crippen molar-refractivity contribution in [3.8, 4) is 0 Å². The topological polar surface area (TPSA) is 75.4 Å². The van der Waals surface area contributed by atoms with E-state index in [0.29, 0.717) is 10.6 Å². The van der Waals surface area contributed by atoms with Gasteiger partial charge in [0, 0.05) is 29.4 Å². The number of alkyl halides is 3. The summed E-state index contributed by atoms with van der Waals surface area (Å²) in [6.07, 6.45) is -4.20. The van der Waals surface area contributed by atoms with Gasteiger partial charge in [-0.05, 0) is 44.4 Å². The summed E-state index contributed by atoms with van der Waals surface area (Å²) in [5.41, 5.74) is -1.27. The number of hydrogen-bond donors (Lipinski definition) is 1. The maximum atomic E-state index is 13.0. The van der Waals surface area contributed by atoms with Gasteiger partial charge in [0.2, 0.25) is 5.91 Å². The van der Waals surface area contributed by atoms with Crippen molar-refractivity contribution < 1.29 is 27.9 Å². The number of piperidine rings is 1. The van der Waals surface area contributed by atoms with Crippen LogP contribution in [0.1, 0.15) is 35.4 Å². The molecule has 162 valence electrons. The molecule has 0 atom stereocenters. The van der Waals surface area contributed by atoms with Crippen molar-refractivity contribution in [2.24, 2.45) is 0 Å². The first-order valence-corrected chi connectivity index (χ1v) is 9.72. The van der Waals surface area contributed by atoms with Crippen molar-refractivity contribution in [3.63, 3.8) is 0 Å². The lowest BCUT2D eigenvalue weighted by atomic mass is 9.73. The number of aromatic nitrogens is 2. The molecule has 30 heavy (non-hydrogen) atoms. The predicted molar refractivity (Wildman–Crippen MR) is 103 cm³/mol. The first kappa shape index (κ1) is 22.1. The van der Waals surface area contributed by atoms with E-state index in [1.54, 1.807) is 24.3 Å². The molecule has 6 nitrogen and oxygen atoms in total. The fraction of sp³-hybridized carbons (Fsp3) is 0.450. The number of carbonyl (C=O) groups excluding carboxylic acids is 1. The molecule has 1 N–H and O–H groups in total. The van der Waals surface area contributed by atoms with Gasteiger partial charge in [0.25, 0.3) is 0 Å². The van der Waals surface area contributed by atoms with Crippen molar-refractivity contribution in [3.05, 3.63) is 51.8 Å². The number of hydrogen-bond acceptors (Lipinski definition) is 3. The maximum Gasteiger partial charge on any atom is 0.435 e. The second kappa shape index (κ2) is 7.94. The van der Waals surface area contributed by atoms with E-state index in [9.17, 15) is 27.9 Å². The summed E-state index contributed by atoms with van der Waals surface area (Å²) in [7, 11) is 0. The van der Waals surface area contributed by atoms with E-state index >= 15 is 0 Å². The van der Waals surface area contributed by atoms with E-state index in [1.165, 1.54) is 18.7 Å². The molecule has 0 radical (unpaired) electrons. The minimum atomic E-state index is -4.59. The zero-order valence-electron chi connectivity index (χ0n) is 16.5. The Bertz CT molecular complexity index is 962. The molecule has 1 aromatic heterocycles. The molecule has 2 aromatic rings. The number of halogens is 4. The molecule has 0 saturated carbocycles. The number of benzene rings is 1. The minimum Gasteiger partial charge on any atom is -0.481 e. The number of nitrogens with zero attached hydrogens (tertiary/aromatic N) is 3. The second-order valence-corrected chi connectivity index (χ2v) is 7.93. The SMILES string of the molecule is Cc1c(C(F)(F)F)nn(CC(=O)N2CCC(C(=O)O)(c3ccc(Cl)cc3)CC2)c1C. The largest absolute Gasteiger partial charge is 0.481 e. The van der Waals surface area contributed by atoms with Gasteiger partial charge < -0.3 is 10.0 Å². The van der Waals surface area contributed by atoms with Crippen molar-refractivity contribution in [2.75, 3.05) is 13.1 Å². The van der Waals surface area contributed by atoms with Crippen LogP contribution in [0.2, 0.25) is 5.02 Å². The van der Waals surface area contributed by atoms with Gasteiger partial charge in [-0.1, -0.05) is 23.7 Å². The third kappa shape index (κ3) is 4.03. The van der Waals surface area contributed by atoms with Crippen LogP contribution in [0.15, 0.2) is 24.3 Å². The molecule has 1 aliphatic rings. The summed E-state index contributed by atoms with van der Waals surface area (Å²) < 4.78 is 40.2. The zero-order chi connectivity index (χ0) is 22.3. The Morgan fingerprint density at radius 1 is 1.17 bits per heavy atom. The molecular formula is C20H21ClF3N3O3. The van der Waals surface area contributed by atoms with Gasteiger partial charge >= 0.3 is 12.1 Å². The molecule has 1 aromatic carbocycles. The molecule has 1 fully saturated rings. The normalized spacial score (nSPS) is 16.5. The average molecular weight is 444 g/mol. The van der Waals surface area contributed by atoms with Gasteiger partial charge in [0.1, 0.15) is 6.54 Å². The summed E-state index contributed by atoms with van der Waals surface area (Å²) in [4.78, 5) is 26.2. The summed E-state index contributed by atoms with van der Waals surface area (Å²) in [5.74, 6) is -1.38. The van der Waals surface area contributed by atoms with Crippen LogP contribution in [0, 0.1) is 13.8 Å². The number of aliphatic carboxylic acids is 1. The van der Waals surface area contributed by atoms with Gasteiger partial charge in [-0.3, -0.25) is 14.3 Å². The summed E-state index contributed by atoms with van der Waals surface area (Å²) in [6.45, 7) is 2.83. The third-order valence-electron chi connectivity index (χ3n) is 5.84. The van der Waals surface area contributed by atoms with Gasteiger partial charge in [-0.25, -0.2) is 0 Å². The van der Waals surface area contributed by atoms with Gasteiger partial charge in [0.15, 0.2) is 5.69 Å². The number of carboxylic acid groups (broad SMARTS) is 1. The van der Waals surface area contributed by atoms with Gasteiger partial charge in [-0.2, -0.15) is 18.3 Å². The van der Waals surface area contributed by atoms with E-state index in [4.69, 9.17) is 11.6 Å². The smallest absolute Gasteiger partial charge is 0.435 e. The maximum absolute atomic E-state index is 13.0. The lowest BCUT2D eigenvalue weighted by Crippen LogP contribution is -2.49. The Labute approximate surface area is 176 Å². The molecule has 1 aliphatic heterocycles. The van der Waals surface area contributed by atoms with Crippen LogP contribution in [0.4, 0.5) is 13.2 Å². The summed E-state index contributed by atoms with van der Waals surface area (Å²) in [5, 5.41) is 13.9. The van der Waals surface area contributed by atoms with E-state index in [0.717, 1.165) is 4.68 Å². The van der Waals surface area contributed by atoms with Crippen LogP contribution in [-0.4, -0.2) is 44.8 Å². The Morgan fingerprint density at radius 2 is 1.73 bits per heavy atom. The number of rotatable bonds is 4. The Morgan fingerprint density at radius 3 is 2.20 bits per heavy atom. The quantitative estimate of drug-likeness (QED) is 0.779. The highest BCUT2D eigenvalue weighted by Crippen LogP contribution is 2.37. The van der Waals surface area contributed by atoms with Crippen LogP contribution >= 0.6 is 11.6 Å². The Balaban J connectivity index is 1.74. The standard InChI is InChI=1S/C20H21ClF3N3O3/c1-12-13(2)27(25-17(12)20(22,23)24)11-16(28)26-9-7-19(8-10-26,18(29)30)14-3-5-15(21)6-4-14/h3-6H,7-11H2,1-2H3,(H,29,30). The molecule has 1 amide bonds.